The monoisotopic (exact) mass is 280 g/mol. The van der Waals surface area contributed by atoms with Crippen LogP contribution >= 0.6 is 0 Å². The van der Waals surface area contributed by atoms with E-state index in [2.05, 4.69) is 84.0 Å². The maximum Gasteiger partial charge on any atom is -0.0181 e. The molecule has 0 saturated heterocycles. The van der Waals surface area contributed by atoms with Crippen molar-refractivity contribution in [3.8, 4) is 11.1 Å². The minimum atomic E-state index is 0.565. The highest BCUT2D eigenvalue weighted by Crippen LogP contribution is 2.31. The minimum absolute atomic E-state index is 0.565. The van der Waals surface area contributed by atoms with Crippen LogP contribution in [0.15, 0.2) is 42.5 Å². The van der Waals surface area contributed by atoms with E-state index in [0.29, 0.717) is 17.8 Å². The van der Waals surface area contributed by atoms with Crippen LogP contribution in [0.4, 0.5) is 0 Å². The van der Waals surface area contributed by atoms with Crippen LogP contribution in [0.1, 0.15) is 76.0 Å². The zero-order valence-corrected chi connectivity index (χ0v) is 14.3. The molecule has 0 saturated carbocycles. The van der Waals surface area contributed by atoms with Crippen LogP contribution in [0.3, 0.4) is 0 Å². The molecule has 2 aromatic rings. The summed E-state index contributed by atoms with van der Waals surface area (Å²) in [6.07, 6.45) is 0. The van der Waals surface area contributed by atoms with E-state index in [1.165, 1.54) is 27.8 Å². The Balaban J connectivity index is 2.50. The Morgan fingerprint density at radius 2 is 1.19 bits per heavy atom. The Kier molecular flexibility index (Phi) is 4.88. The highest BCUT2D eigenvalue weighted by Gasteiger charge is 2.12. The first-order valence-electron chi connectivity index (χ1n) is 8.14. The van der Waals surface area contributed by atoms with Gasteiger partial charge in [-0.25, -0.2) is 0 Å². The molecule has 0 aliphatic heterocycles. The van der Waals surface area contributed by atoms with Gasteiger partial charge >= 0.3 is 0 Å². The van der Waals surface area contributed by atoms with Crippen molar-refractivity contribution in [3.63, 3.8) is 0 Å². The molecule has 0 amide bonds. The molecule has 0 heterocycles. The lowest BCUT2D eigenvalue weighted by Crippen LogP contribution is -1.99. The Labute approximate surface area is 130 Å². The van der Waals surface area contributed by atoms with Gasteiger partial charge in [-0.1, -0.05) is 84.0 Å². The molecule has 0 aliphatic rings. The van der Waals surface area contributed by atoms with Gasteiger partial charge in [-0.05, 0) is 45.6 Å². The first-order chi connectivity index (χ1) is 9.90. The SMILES string of the molecule is CC(C)c1cccc(-c2ccc(C(C)C)c(C(C)C)c2)c1. The van der Waals surface area contributed by atoms with Gasteiger partial charge in [0.1, 0.15) is 0 Å². The summed E-state index contributed by atoms with van der Waals surface area (Å²) in [5, 5.41) is 0. The van der Waals surface area contributed by atoms with E-state index in [4.69, 9.17) is 0 Å². The van der Waals surface area contributed by atoms with Gasteiger partial charge in [0.2, 0.25) is 0 Å². The van der Waals surface area contributed by atoms with Crippen molar-refractivity contribution in [2.75, 3.05) is 0 Å². The maximum absolute atomic E-state index is 2.39. The van der Waals surface area contributed by atoms with E-state index >= 15 is 0 Å². The molecule has 0 radical (unpaired) electrons. The van der Waals surface area contributed by atoms with Gasteiger partial charge in [-0.3, -0.25) is 0 Å². The van der Waals surface area contributed by atoms with Crippen LogP contribution in [0.2, 0.25) is 0 Å². The van der Waals surface area contributed by atoms with Crippen molar-refractivity contribution in [1.29, 1.82) is 0 Å². The molecular weight excluding hydrogens is 252 g/mol. The Hall–Kier alpha value is -1.56. The smallest absolute Gasteiger partial charge is 0.0181 e. The molecule has 0 nitrogen and oxygen atoms in total. The molecule has 0 aromatic heterocycles. The lowest BCUT2D eigenvalue weighted by Gasteiger charge is -2.18. The minimum Gasteiger partial charge on any atom is -0.0614 e. The second kappa shape index (κ2) is 6.47. The summed E-state index contributed by atoms with van der Waals surface area (Å²) in [4.78, 5) is 0. The van der Waals surface area contributed by atoms with E-state index in [1.807, 2.05) is 0 Å². The summed E-state index contributed by atoms with van der Waals surface area (Å²) in [6, 6.07) is 15.9. The van der Waals surface area contributed by atoms with E-state index in [9.17, 15) is 0 Å². The van der Waals surface area contributed by atoms with Gasteiger partial charge < -0.3 is 0 Å². The lowest BCUT2D eigenvalue weighted by molar-refractivity contribution is 0.790. The fourth-order valence-corrected chi connectivity index (χ4v) is 2.86. The van der Waals surface area contributed by atoms with Crippen molar-refractivity contribution in [2.45, 2.75) is 59.3 Å². The second-order valence-corrected chi connectivity index (χ2v) is 6.93. The Morgan fingerprint density at radius 1 is 0.571 bits per heavy atom. The first-order valence-corrected chi connectivity index (χ1v) is 8.14. The molecule has 0 unspecified atom stereocenters. The van der Waals surface area contributed by atoms with Crippen molar-refractivity contribution in [1.82, 2.24) is 0 Å². The third-order valence-electron chi connectivity index (χ3n) is 4.22. The normalized spacial score (nSPS) is 11.7. The molecule has 0 N–H and O–H groups in total. The molecule has 0 aliphatic carbocycles. The fourth-order valence-electron chi connectivity index (χ4n) is 2.86. The zero-order chi connectivity index (χ0) is 15.6. The number of rotatable bonds is 4. The average molecular weight is 280 g/mol. The Morgan fingerprint density at radius 3 is 1.76 bits per heavy atom. The number of hydrogen-bond acceptors (Lipinski definition) is 0. The Bertz CT molecular complexity index is 603. The quantitative estimate of drug-likeness (QED) is 0.583. The standard InChI is InChI=1S/C21H28/c1-14(2)17-8-7-9-18(12-17)19-10-11-20(15(3)4)21(13-19)16(5)6/h7-16H,1-6H3. The van der Waals surface area contributed by atoms with Gasteiger partial charge in [-0.15, -0.1) is 0 Å². The molecule has 2 rings (SSSR count). The second-order valence-electron chi connectivity index (χ2n) is 6.93. The van der Waals surface area contributed by atoms with Gasteiger partial charge in [0.15, 0.2) is 0 Å². The van der Waals surface area contributed by atoms with E-state index in [-0.39, 0.29) is 0 Å². The molecular formula is C21H28. The summed E-state index contributed by atoms with van der Waals surface area (Å²) in [5.41, 5.74) is 7.04. The van der Waals surface area contributed by atoms with E-state index < -0.39 is 0 Å². The summed E-state index contributed by atoms with van der Waals surface area (Å²) < 4.78 is 0. The largest absolute Gasteiger partial charge is 0.0614 e. The van der Waals surface area contributed by atoms with Gasteiger partial charge in [0.25, 0.3) is 0 Å². The predicted molar refractivity (Wildman–Crippen MR) is 94.1 cm³/mol. The molecule has 0 fully saturated rings. The summed E-state index contributed by atoms with van der Waals surface area (Å²) >= 11 is 0. The average Bonchev–Trinajstić information content (AvgIpc) is 2.46. The molecule has 21 heavy (non-hydrogen) atoms. The van der Waals surface area contributed by atoms with Crippen LogP contribution in [0.5, 0.6) is 0 Å². The highest BCUT2D eigenvalue weighted by molar-refractivity contribution is 5.66. The van der Waals surface area contributed by atoms with Crippen LogP contribution in [-0.2, 0) is 0 Å². The van der Waals surface area contributed by atoms with Gasteiger partial charge in [0.05, 0.1) is 0 Å². The van der Waals surface area contributed by atoms with Crippen molar-refractivity contribution >= 4 is 0 Å². The molecule has 0 bridgehead atoms. The third kappa shape index (κ3) is 3.56. The summed E-state index contributed by atoms with van der Waals surface area (Å²) in [5.74, 6) is 1.72. The first kappa shape index (κ1) is 15.8. The van der Waals surface area contributed by atoms with Gasteiger partial charge in [0, 0.05) is 0 Å². The van der Waals surface area contributed by atoms with Crippen molar-refractivity contribution in [2.24, 2.45) is 0 Å². The van der Waals surface area contributed by atoms with Gasteiger partial charge in [-0.2, -0.15) is 0 Å². The summed E-state index contributed by atoms with van der Waals surface area (Å²) in [6.45, 7) is 13.6. The number of hydrogen-bond donors (Lipinski definition) is 0. The van der Waals surface area contributed by atoms with Crippen LogP contribution in [-0.4, -0.2) is 0 Å². The molecule has 2 aromatic carbocycles. The molecule has 0 spiro atoms. The van der Waals surface area contributed by atoms with Crippen molar-refractivity contribution in [3.05, 3.63) is 59.2 Å². The van der Waals surface area contributed by atoms with Crippen molar-refractivity contribution < 1.29 is 0 Å². The number of benzene rings is 2. The molecule has 0 atom stereocenters. The molecule has 112 valence electrons. The lowest BCUT2D eigenvalue weighted by atomic mass is 9.87. The third-order valence-corrected chi connectivity index (χ3v) is 4.22. The molecule has 0 heteroatoms. The van der Waals surface area contributed by atoms with Crippen LogP contribution < -0.4 is 0 Å². The summed E-state index contributed by atoms with van der Waals surface area (Å²) in [7, 11) is 0. The van der Waals surface area contributed by atoms with Crippen LogP contribution in [0.25, 0.3) is 11.1 Å². The van der Waals surface area contributed by atoms with E-state index in [0.717, 1.165) is 0 Å². The predicted octanol–water partition coefficient (Wildman–Crippen LogP) is 6.72. The fraction of sp³-hybridized carbons (Fsp3) is 0.429. The maximum atomic E-state index is 2.39. The zero-order valence-electron chi connectivity index (χ0n) is 14.3. The topological polar surface area (TPSA) is 0 Å². The van der Waals surface area contributed by atoms with E-state index in [1.54, 1.807) is 0 Å². The highest BCUT2D eigenvalue weighted by atomic mass is 14.2. The van der Waals surface area contributed by atoms with Crippen LogP contribution in [0, 0.1) is 0 Å².